The molecule has 0 aromatic heterocycles. The normalized spacial score (nSPS) is 11.3. The second-order valence-electron chi connectivity index (χ2n) is 5.56. The molecule has 100 valence electrons. The van der Waals surface area contributed by atoms with Crippen LogP contribution in [-0.2, 0) is 10.2 Å². The molecule has 1 rings (SSSR count). The van der Waals surface area contributed by atoms with E-state index in [1.165, 1.54) is 5.56 Å². The second kappa shape index (κ2) is 6.83. The van der Waals surface area contributed by atoms with Crippen LogP contribution >= 0.6 is 12.6 Å². The number of rotatable bonds is 5. The van der Waals surface area contributed by atoms with Crippen LogP contribution in [0.3, 0.4) is 0 Å². The zero-order valence-corrected chi connectivity index (χ0v) is 12.4. The van der Waals surface area contributed by atoms with Crippen molar-refractivity contribution in [2.24, 2.45) is 0 Å². The van der Waals surface area contributed by atoms with E-state index in [0.29, 0.717) is 6.42 Å². The summed E-state index contributed by atoms with van der Waals surface area (Å²) < 4.78 is 0. The Morgan fingerprint density at radius 3 is 2.28 bits per heavy atom. The van der Waals surface area contributed by atoms with Crippen molar-refractivity contribution in [2.45, 2.75) is 45.4 Å². The highest BCUT2D eigenvalue weighted by Crippen LogP contribution is 2.23. The Labute approximate surface area is 116 Å². The van der Waals surface area contributed by atoms with Crippen LogP contribution in [0.25, 0.3) is 0 Å². The van der Waals surface area contributed by atoms with Gasteiger partial charge < -0.3 is 5.32 Å². The number of hydrogen-bond acceptors (Lipinski definition) is 2. The van der Waals surface area contributed by atoms with E-state index in [2.05, 4.69) is 50.8 Å². The van der Waals surface area contributed by atoms with Crippen LogP contribution in [0.1, 0.15) is 45.6 Å². The lowest BCUT2D eigenvalue weighted by Crippen LogP contribution is -2.13. The zero-order valence-electron chi connectivity index (χ0n) is 11.5. The van der Waals surface area contributed by atoms with Crippen molar-refractivity contribution in [3.05, 3.63) is 29.8 Å². The van der Waals surface area contributed by atoms with Crippen LogP contribution < -0.4 is 5.32 Å². The van der Waals surface area contributed by atoms with Gasteiger partial charge in [0.2, 0.25) is 5.91 Å². The molecule has 1 aromatic rings. The van der Waals surface area contributed by atoms with Crippen LogP contribution in [-0.4, -0.2) is 11.7 Å². The topological polar surface area (TPSA) is 29.1 Å². The largest absolute Gasteiger partial charge is 0.326 e. The van der Waals surface area contributed by atoms with Gasteiger partial charge in [0.15, 0.2) is 0 Å². The van der Waals surface area contributed by atoms with E-state index in [9.17, 15) is 4.79 Å². The average Bonchev–Trinajstić information content (AvgIpc) is 2.29. The quantitative estimate of drug-likeness (QED) is 0.611. The van der Waals surface area contributed by atoms with E-state index in [0.717, 1.165) is 24.3 Å². The molecule has 0 bridgehead atoms. The highest BCUT2D eigenvalue weighted by atomic mass is 32.1. The van der Waals surface area contributed by atoms with Gasteiger partial charge in [0, 0.05) is 12.1 Å². The fraction of sp³-hybridized carbons (Fsp3) is 0.533. The SMILES string of the molecule is CC(C)(C)c1ccc(NC(=O)CCCCS)cc1. The molecule has 0 heterocycles. The molecule has 3 heteroatoms. The molecule has 0 saturated heterocycles. The van der Waals surface area contributed by atoms with Gasteiger partial charge in [-0.25, -0.2) is 0 Å². The third-order valence-electron chi connectivity index (χ3n) is 2.85. The molecule has 0 spiro atoms. The summed E-state index contributed by atoms with van der Waals surface area (Å²) in [7, 11) is 0. The molecule has 0 saturated carbocycles. The predicted octanol–water partition coefficient (Wildman–Crippen LogP) is 4.02. The second-order valence-corrected chi connectivity index (χ2v) is 6.00. The fourth-order valence-corrected chi connectivity index (χ4v) is 1.90. The highest BCUT2D eigenvalue weighted by molar-refractivity contribution is 7.80. The summed E-state index contributed by atoms with van der Waals surface area (Å²) in [5.41, 5.74) is 2.30. The summed E-state index contributed by atoms with van der Waals surface area (Å²) in [6.45, 7) is 6.54. The van der Waals surface area contributed by atoms with Gasteiger partial charge in [-0.3, -0.25) is 4.79 Å². The Hall–Kier alpha value is -0.960. The number of unbranched alkanes of at least 4 members (excludes halogenated alkanes) is 1. The van der Waals surface area contributed by atoms with Crippen molar-refractivity contribution in [1.29, 1.82) is 0 Å². The molecular weight excluding hydrogens is 242 g/mol. The Balaban J connectivity index is 2.51. The first-order chi connectivity index (χ1) is 8.43. The number of carbonyl (C=O) groups excluding carboxylic acids is 1. The summed E-state index contributed by atoms with van der Waals surface area (Å²) in [5, 5.41) is 2.92. The molecule has 0 atom stereocenters. The van der Waals surface area contributed by atoms with Crippen LogP contribution in [0.15, 0.2) is 24.3 Å². The van der Waals surface area contributed by atoms with Crippen molar-refractivity contribution in [2.75, 3.05) is 11.1 Å². The predicted molar refractivity (Wildman–Crippen MR) is 81.5 cm³/mol. The molecule has 0 fully saturated rings. The van der Waals surface area contributed by atoms with Crippen molar-refractivity contribution < 1.29 is 4.79 Å². The van der Waals surface area contributed by atoms with Crippen LogP contribution in [0.5, 0.6) is 0 Å². The molecule has 1 amide bonds. The lowest BCUT2D eigenvalue weighted by Gasteiger charge is -2.19. The third-order valence-corrected chi connectivity index (χ3v) is 3.16. The maximum atomic E-state index is 11.6. The molecule has 1 N–H and O–H groups in total. The van der Waals surface area contributed by atoms with Gasteiger partial charge in [-0.1, -0.05) is 32.9 Å². The van der Waals surface area contributed by atoms with E-state index in [-0.39, 0.29) is 11.3 Å². The van der Waals surface area contributed by atoms with Gasteiger partial charge in [-0.2, -0.15) is 12.6 Å². The smallest absolute Gasteiger partial charge is 0.224 e. The Bertz CT molecular complexity index is 378. The summed E-state index contributed by atoms with van der Waals surface area (Å²) >= 11 is 4.13. The molecular formula is C15H23NOS. The third kappa shape index (κ3) is 5.13. The van der Waals surface area contributed by atoms with Crippen molar-refractivity contribution in [1.82, 2.24) is 0 Å². The van der Waals surface area contributed by atoms with Gasteiger partial charge in [0.25, 0.3) is 0 Å². The van der Waals surface area contributed by atoms with Gasteiger partial charge in [0.1, 0.15) is 0 Å². The van der Waals surface area contributed by atoms with E-state index in [1.54, 1.807) is 0 Å². The van der Waals surface area contributed by atoms with Crippen LogP contribution in [0.4, 0.5) is 5.69 Å². The monoisotopic (exact) mass is 265 g/mol. The van der Waals surface area contributed by atoms with Gasteiger partial charge in [-0.05, 0) is 41.7 Å². The van der Waals surface area contributed by atoms with E-state index >= 15 is 0 Å². The number of benzene rings is 1. The van der Waals surface area contributed by atoms with E-state index in [4.69, 9.17) is 0 Å². The van der Waals surface area contributed by atoms with Gasteiger partial charge in [0.05, 0.1) is 0 Å². The van der Waals surface area contributed by atoms with Gasteiger partial charge >= 0.3 is 0 Å². The molecule has 0 aliphatic heterocycles. The Morgan fingerprint density at radius 2 is 1.78 bits per heavy atom. The maximum Gasteiger partial charge on any atom is 0.224 e. The zero-order chi connectivity index (χ0) is 13.6. The number of nitrogens with one attached hydrogen (secondary N) is 1. The van der Waals surface area contributed by atoms with Crippen LogP contribution in [0.2, 0.25) is 0 Å². The minimum Gasteiger partial charge on any atom is -0.326 e. The molecule has 0 aliphatic carbocycles. The van der Waals surface area contributed by atoms with Crippen molar-refractivity contribution in [3.8, 4) is 0 Å². The first kappa shape index (κ1) is 15.1. The fourth-order valence-electron chi connectivity index (χ4n) is 1.67. The summed E-state index contributed by atoms with van der Waals surface area (Å²) in [4.78, 5) is 11.6. The van der Waals surface area contributed by atoms with Crippen LogP contribution in [0, 0.1) is 0 Å². The molecule has 2 nitrogen and oxygen atoms in total. The highest BCUT2D eigenvalue weighted by Gasteiger charge is 2.13. The number of thiol groups is 1. The first-order valence-electron chi connectivity index (χ1n) is 6.45. The van der Waals surface area contributed by atoms with Crippen molar-refractivity contribution in [3.63, 3.8) is 0 Å². The maximum absolute atomic E-state index is 11.6. The Kier molecular flexibility index (Phi) is 5.73. The standard InChI is InChI=1S/C15H23NOS/c1-15(2,3)12-7-9-13(10-8-12)16-14(17)6-4-5-11-18/h7-10,18H,4-6,11H2,1-3H3,(H,16,17). The number of carbonyl (C=O) groups is 1. The summed E-state index contributed by atoms with van der Waals surface area (Å²) in [6.07, 6.45) is 2.45. The van der Waals surface area contributed by atoms with E-state index in [1.807, 2.05) is 12.1 Å². The van der Waals surface area contributed by atoms with Gasteiger partial charge in [-0.15, -0.1) is 0 Å². The molecule has 0 aliphatic rings. The summed E-state index contributed by atoms with van der Waals surface area (Å²) in [5.74, 6) is 0.924. The molecule has 0 radical (unpaired) electrons. The molecule has 1 aromatic carbocycles. The lowest BCUT2D eigenvalue weighted by molar-refractivity contribution is -0.116. The minimum absolute atomic E-state index is 0.0836. The lowest BCUT2D eigenvalue weighted by atomic mass is 9.87. The van der Waals surface area contributed by atoms with E-state index < -0.39 is 0 Å². The molecule has 0 unspecified atom stereocenters. The number of amides is 1. The summed E-state index contributed by atoms with van der Waals surface area (Å²) in [6, 6.07) is 8.08. The average molecular weight is 265 g/mol. The Morgan fingerprint density at radius 1 is 1.17 bits per heavy atom. The molecule has 18 heavy (non-hydrogen) atoms. The minimum atomic E-state index is 0.0836. The number of hydrogen-bond donors (Lipinski definition) is 2. The van der Waals surface area contributed by atoms with Crippen molar-refractivity contribution >= 4 is 24.2 Å². The first-order valence-corrected chi connectivity index (χ1v) is 7.08. The number of anilines is 1.